The molecule has 1 heterocycles. The molecule has 2 aromatic carbocycles. The van der Waals surface area contributed by atoms with Crippen LogP contribution in [0.2, 0.25) is 0 Å². The quantitative estimate of drug-likeness (QED) is 0.560. The average molecular weight is 499 g/mol. The third kappa shape index (κ3) is 5.91. The van der Waals surface area contributed by atoms with Crippen LogP contribution in [-0.4, -0.2) is 37.8 Å². The molecular weight excluding hydrogens is 481 g/mol. The lowest BCUT2D eigenvalue weighted by Gasteiger charge is -2.24. The van der Waals surface area contributed by atoms with E-state index in [2.05, 4.69) is 36.4 Å². The molecule has 0 radical (unpaired) electrons. The minimum absolute atomic E-state index is 0.299. The number of nitrogens with zero attached hydrogens (tertiary/aromatic N) is 2. The molecule has 0 aliphatic carbocycles. The Bertz CT molecular complexity index is 1020. The Morgan fingerprint density at radius 2 is 1.77 bits per heavy atom. The number of carbonyl (C=O) groups is 1. The van der Waals surface area contributed by atoms with Crippen molar-refractivity contribution >= 4 is 45.2 Å². The van der Waals surface area contributed by atoms with Crippen molar-refractivity contribution in [1.82, 2.24) is 5.01 Å². The number of amides is 2. The second kappa shape index (κ2) is 9.29. The predicted octanol–water partition coefficient (Wildman–Crippen LogP) is 5.62. The third-order valence-corrected chi connectivity index (χ3v) is 4.86. The maximum absolute atomic E-state index is 12.3. The summed E-state index contributed by atoms with van der Waals surface area (Å²) in [5.41, 5.74) is 2.30. The van der Waals surface area contributed by atoms with E-state index in [0.717, 1.165) is 27.9 Å². The fourth-order valence-corrected chi connectivity index (χ4v) is 3.51. The molecule has 0 fully saturated rings. The molecule has 0 saturated heterocycles. The third-order valence-electron chi connectivity index (χ3n) is 4.16. The molecule has 3 rings (SSSR count). The van der Waals surface area contributed by atoms with E-state index in [1.807, 2.05) is 0 Å². The van der Waals surface area contributed by atoms with Gasteiger partial charge in [0.05, 0.1) is 12.8 Å². The van der Waals surface area contributed by atoms with Crippen LogP contribution in [0, 0.1) is 0 Å². The molecule has 2 amide bonds. The van der Waals surface area contributed by atoms with Crippen LogP contribution in [0.5, 0.6) is 11.5 Å². The summed E-state index contributed by atoms with van der Waals surface area (Å²) in [5.74, 6) is 0.221. The number of methoxy groups -OCH3 is 1. The van der Waals surface area contributed by atoms with Gasteiger partial charge in [-0.05, 0) is 42.5 Å². The second-order valence-electron chi connectivity index (χ2n) is 6.35. The molecule has 0 aromatic heterocycles. The second-order valence-corrected chi connectivity index (χ2v) is 7.30. The average Bonchev–Trinajstić information content (AvgIpc) is 2.68. The summed E-state index contributed by atoms with van der Waals surface area (Å²) in [6.07, 6.45) is -2.39. The summed E-state index contributed by atoms with van der Waals surface area (Å²) in [6.45, 7) is 0. The normalized spacial score (nSPS) is 13.8. The molecule has 1 aliphatic rings. The first-order valence-corrected chi connectivity index (χ1v) is 9.72. The van der Waals surface area contributed by atoms with Crippen LogP contribution < -0.4 is 20.1 Å². The highest BCUT2D eigenvalue weighted by molar-refractivity contribution is 9.11. The van der Waals surface area contributed by atoms with Crippen molar-refractivity contribution in [2.24, 2.45) is 5.10 Å². The molecule has 0 unspecified atom stereocenters. The van der Waals surface area contributed by atoms with Gasteiger partial charge in [-0.2, -0.15) is 5.10 Å². The van der Waals surface area contributed by atoms with Gasteiger partial charge in [-0.25, -0.2) is 4.79 Å². The predicted molar refractivity (Wildman–Crippen MR) is 115 cm³/mol. The fraction of sp³-hybridized carbons (Fsp3) is 0.200. The lowest BCUT2D eigenvalue weighted by Crippen LogP contribution is -2.20. The Balaban J connectivity index is 1.73. The zero-order valence-electron chi connectivity index (χ0n) is 16.5. The minimum Gasteiger partial charge on any atom is -0.496 e. The molecule has 31 heavy (non-hydrogen) atoms. The monoisotopic (exact) mass is 498 g/mol. The van der Waals surface area contributed by atoms with E-state index in [1.165, 1.54) is 12.1 Å². The van der Waals surface area contributed by atoms with E-state index in [9.17, 15) is 18.0 Å². The molecule has 7 nitrogen and oxygen atoms in total. The maximum Gasteiger partial charge on any atom is 0.573 e. The lowest BCUT2D eigenvalue weighted by molar-refractivity contribution is -0.274. The highest BCUT2D eigenvalue weighted by atomic mass is 79.9. The van der Waals surface area contributed by atoms with E-state index >= 15 is 0 Å². The first kappa shape index (κ1) is 22.5. The minimum atomic E-state index is -4.78. The maximum atomic E-state index is 12.3. The number of urea groups is 1. The van der Waals surface area contributed by atoms with Gasteiger partial charge in [-0.15, -0.1) is 13.2 Å². The fourth-order valence-electron chi connectivity index (χ4n) is 2.90. The first-order chi connectivity index (χ1) is 14.7. The summed E-state index contributed by atoms with van der Waals surface area (Å²) in [7, 11) is 3.34. The number of anilines is 2. The van der Waals surface area contributed by atoms with Gasteiger partial charge in [0.25, 0.3) is 0 Å². The zero-order valence-corrected chi connectivity index (χ0v) is 18.0. The molecule has 2 aromatic rings. The van der Waals surface area contributed by atoms with Gasteiger partial charge in [-0.1, -0.05) is 15.9 Å². The number of benzene rings is 2. The molecule has 0 spiro atoms. The van der Waals surface area contributed by atoms with Crippen molar-refractivity contribution in [3.63, 3.8) is 0 Å². The Hall–Kier alpha value is -3.21. The van der Waals surface area contributed by atoms with Crippen LogP contribution >= 0.6 is 15.9 Å². The summed E-state index contributed by atoms with van der Waals surface area (Å²) in [4.78, 5) is 12.3. The van der Waals surface area contributed by atoms with E-state index in [-0.39, 0.29) is 5.75 Å². The van der Waals surface area contributed by atoms with Crippen LogP contribution in [0.1, 0.15) is 12.0 Å². The molecule has 2 N–H and O–H groups in total. The van der Waals surface area contributed by atoms with E-state index in [0.29, 0.717) is 23.5 Å². The van der Waals surface area contributed by atoms with E-state index in [1.54, 1.807) is 43.6 Å². The van der Waals surface area contributed by atoms with Crippen LogP contribution in [0.25, 0.3) is 5.70 Å². The van der Waals surface area contributed by atoms with Crippen LogP contribution in [0.3, 0.4) is 0 Å². The summed E-state index contributed by atoms with van der Waals surface area (Å²) in [5, 5.41) is 11.2. The smallest absolute Gasteiger partial charge is 0.496 e. The number of hydrogen-bond acceptors (Lipinski definition) is 5. The van der Waals surface area contributed by atoms with Gasteiger partial charge in [0, 0.05) is 41.1 Å². The zero-order chi connectivity index (χ0) is 22.6. The van der Waals surface area contributed by atoms with Crippen molar-refractivity contribution in [2.75, 3.05) is 24.8 Å². The summed E-state index contributed by atoms with van der Waals surface area (Å²) in [6, 6.07) is 9.39. The molecule has 0 atom stereocenters. The molecule has 164 valence electrons. The summed E-state index contributed by atoms with van der Waals surface area (Å²) < 4.78 is 46.9. The van der Waals surface area contributed by atoms with Crippen molar-refractivity contribution in [3.05, 3.63) is 52.5 Å². The number of rotatable bonds is 5. The number of hydrogen-bond donors (Lipinski definition) is 2. The summed E-state index contributed by atoms with van der Waals surface area (Å²) >= 11 is 3.55. The largest absolute Gasteiger partial charge is 0.573 e. The van der Waals surface area contributed by atoms with Gasteiger partial charge >= 0.3 is 12.4 Å². The van der Waals surface area contributed by atoms with Crippen LogP contribution in [0.15, 0.2) is 52.0 Å². The van der Waals surface area contributed by atoms with Gasteiger partial charge in [0.1, 0.15) is 11.5 Å². The number of allylic oxidation sites excluding steroid dienone is 1. The number of alkyl halides is 3. The van der Waals surface area contributed by atoms with Crippen molar-refractivity contribution < 1.29 is 27.4 Å². The van der Waals surface area contributed by atoms with Crippen molar-refractivity contribution in [1.29, 1.82) is 0 Å². The molecule has 0 saturated carbocycles. The van der Waals surface area contributed by atoms with E-state index < -0.39 is 12.4 Å². The molecule has 11 heteroatoms. The van der Waals surface area contributed by atoms with E-state index in [4.69, 9.17) is 4.74 Å². The Kier molecular flexibility index (Phi) is 6.74. The first-order valence-electron chi connectivity index (χ1n) is 8.93. The number of halogens is 4. The Morgan fingerprint density at radius 1 is 1.13 bits per heavy atom. The van der Waals surface area contributed by atoms with Crippen LogP contribution in [0.4, 0.5) is 29.3 Å². The Morgan fingerprint density at radius 3 is 2.39 bits per heavy atom. The molecular formula is C20H18BrF3N4O3. The number of carbonyl (C=O) groups excluding carboxylic acids is 1. The number of hydrazone groups is 1. The molecule has 0 bridgehead atoms. The standard InChI is InChI=1S/C20H18BrF3N4O3/c1-28-18(16(21)9-10-25-28)15-11-13(5-8-17(15)30-2)27-19(29)26-12-3-6-14(7-4-12)31-20(22,23)24/h3-8,10-11H,9H2,1-2H3,(H2,26,27,29). The van der Waals surface area contributed by atoms with Gasteiger partial charge in [0.15, 0.2) is 0 Å². The molecule has 1 aliphatic heterocycles. The van der Waals surface area contributed by atoms with Crippen molar-refractivity contribution in [2.45, 2.75) is 12.8 Å². The van der Waals surface area contributed by atoms with Crippen molar-refractivity contribution in [3.8, 4) is 11.5 Å². The van der Waals surface area contributed by atoms with Gasteiger partial charge in [0.2, 0.25) is 0 Å². The van der Waals surface area contributed by atoms with Crippen LogP contribution in [-0.2, 0) is 0 Å². The Labute approximate surface area is 184 Å². The highest BCUT2D eigenvalue weighted by Gasteiger charge is 2.31. The van der Waals surface area contributed by atoms with Gasteiger partial charge < -0.3 is 20.1 Å². The number of ether oxygens (including phenoxy) is 2. The SMILES string of the molecule is COc1ccc(NC(=O)Nc2ccc(OC(F)(F)F)cc2)cc1C1=C(Br)CC=NN1C. The highest BCUT2D eigenvalue weighted by Crippen LogP contribution is 2.37. The number of nitrogens with one attached hydrogen (secondary N) is 2. The van der Waals surface area contributed by atoms with Gasteiger partial charge in [-0.3, -0.25) is 5.01 Å². The lowest BCUT2D eigenvalue weighted by atomic mass is 10.1. The topological polar surface area (TPSA) is 75.2 Å².